The first-order valence-electron chi connectivity index (χ1n) is 6.82. The molecular formula is C15H26O4. The van der Waals surface area contributed by atoms with Gasteiger partial charge in [0.1, 0.15) is 5.60 Å². The molecule has 0 radical (unpaired) electrons. The molecule has 0 saturated carbocycles. The second-order valence-electron chi connectivity index (χ2n) is 5.75. The first-order chi connectivity index (χ1) is 8.76. The number of aliphatic carboxylic acids is 1. The van der Waals surface area contributed by atoms with Gasteiger partial charge in [-0.1, -0.05) is 18.9 Å². The van der Waals surface area contributed by atoms with Crippen LogP contribution in [0, 0.1) is 5.92 Å². The van der Waals surface area contributed by atoms with Gasteiger partial charge >= 0.3 is 11.9 Å². The van der Waals surface area contributed by atoms with Gasteiger partial charge in [-0.25, -0.2) is 0 Å². The second kappa shape index (κ2) is 8.73. The third-order valence-electron chi connectivity index (χ3n) is 2.64. The number of carboxylic acids is 1. The number of carbonyl (C=O) groups is 2. The Morgan fingerprint density at radius 3 is 2.37 bits per heavy atom. The Kier molecular flexibility index (Phi) is 8.12. The predicted molar refractivity (Wildman–Crippen MR) is 74.9 cm³/mol. The summed E-state index contributed by atoms with van der Waals surface area (Å²) in [4.78, 5) is 22.7. The van der Waals surface area contributed by atoms with Crippen molar-refractivity contribution in [2.75, 3.05) is 0 Å². The smallest absolute Gasteiger partial charge is 0.307 e. The van der Waals surface area contributed by atoms with E-state index < -0.39 is 23.5 Å². The number of carbonyl (C=O) groups excluding carboxylic acids is 1. The molecule has 0 aromatic carbocycles. The highest BCUT2D eigenvalue weighted by Gasteiger charge is 2.24. The quantitative estimate of drug-likeness (QED) is 0.395. The number of carboxylic acid groups (broad SMARTS) is 1. The van der Waals surface area contributed by atoms with Crippen molar-refractivity contribution in [1.29, 1.82) is 0 Å². The first kappa shape index (κ1) is 17.7. The molecular weight excluding hydrogens is 244 g/mol. The highest BCUT2D eigenvalue weighted by Crippen LogP contribution is 2.18. The molecule has 0 aliphatic rings. The maximum atomic E-state index is 11.6. The van der Waals surface area contributed by atoms with Crippen molar-refractivity contribution in [3.8, 4) is 0 Å². The molecule has 110 valence electrons. The molecule has 0 aliphatic carbocycles. The lowest BCUT2D eigenvalue weighted by Crippen LogP contribution is -2.27. The van der Waals surface area contributed by atoms with Crippen molar-refractivity contribution in [1.82, 2.24) is 0 Å². The Hall–Kier alpha value is -1.32. The summed E-state index contributed by atoms with van der Waals surface area (Å²) in [5, 5.41) is 9.10. The summed E-state index contributed by atoms with van der Waals surface area (Å²) < 4.78 is 5.15. The lowest BCUT2D eigenvalue weighted by atomic mass is 9.97. The van der Waals surface area contributed by atoms with Crippen molar-refractivity contribution < 1.29 is 19.4 Å². The molecule has 4 heteroatoms. The van der Waals surface area contributed by atoms with Crippen molar-refractivity contribution in [2.45, 2.75) is 64.9 Å². The Labute approximate surface area is 115 Å². The zero-order valence-corrected chi connectivity index (χ0v) is 12.3. The number of unbranched alkanes of at least 4 members (excludes halogenated alkanes) is 3. The number of allylic oxidation sites excluding steroid dienone is 1. The molecule has 0 heterocycles. The first-order valence-corrected chi connectivity index (χ1v) is 6.82. The van der Waals surface area contributed by atoms with Crippen LogP contribution in [0.25, 0.3) is 0 Å². The molecule has 0 aromatic rings. The minimum Gasteiger partial charge on any atom is -0.481 e. The summed E-state index contributed by atoms with van der Waals surface area (Å²) in [5.41, 5.74) is -0.565. The van der Waals surface area contributed by atoms with E-state index in [0.29, 0.717) is 6.42 Å². The molecule has 0 amide bonds. The average Bonchev–Trinajstić information content (AvgIpc) is 2.24. The standard InChI is InChI=1S/C15H26O4/c1-5-6-7-8-9-10-12(14(17)18)11-13(16)19-15(2,3)4/h5,12H,1,6-11H2,2-4H3,(H,17,18). The van der Waals surface area contributed by atoms with Crippen LogP contribution in [-0.2, 0) is 14.3 Å². The molecule has 1 unspecified atom stereocenters. The Morgan fingerprint density at radius 2 is 1.89 bits per heavy atom. The molecule has 0 bridgehead atoms. The van der Waals surface area contributed by atoms with Crippen LogP contribution >= 0.6 is 0 Å². The third-order valence-corrected chi connectivity index (χ3v) is 2.64. The van der Waals surface area contributed by atoms with Gasteiger partial charge in [0.2, 0.25) is 0 Å². The summed E-state index contributed by atoms with van der Waals surface area (Å²) in [5.74, 6) is -2.00. The molecule has 1 atom stereocenters. The number of esters is 1. The highest BCUT2D eigenvalue weighted by molar-refractivity contribution is 5.78. The number of rotatable bonds is 9. The van der Waals surface area contributed by atoms with Crippen LogP contribution in [0.1, 0.15) is 59.3 Å². The predicted octanol–water partition coefficient (Wildman–Crippen LogP) is 3.56. The van der Waals surface area contributed by atoms with Gasteiger partial charge in [0.05, 0.1) is 12.3 Å². The van der Waals surface area contributed by atoms with Crippen molar-refractivity contribution in [3.63, 3.8) is 0 Å². The normalized spacial score (nSPS) is 12.8. The topological polar surface area (TPSA) is 63.6 Å². The van der Waals surface area contributed by atoms with Crippen molar-refractivity contribution in [3.05, 3.63) is 12.7 Å². The molecule has 0 fully saturated rings. The van der Waals surface area contributed by atoms with E-state index in [2.05, 4.69) is 6.58 Å². The van der Waals surface area contributed by atoms with Crippen LogP contribution in [0.3, 0.4) is 0 Å². The molecule has 0 saturated heterocycles. The Morgan fingerprint density at radius 1 is 1.26 bits per heavy atom. The van der Waals surface area contributed by atoms with E-state index in [-0.39, 0.29) is 6.42 Å². The number of hydrogen-bond donors (Lipinski definition) is 1. The zero-order chi connectivity index (χ0) is 14.9. The van der Waals surface area contributed by atoms with Crippen molar-refractivity contribution in [2.24, 2.45) is 5.92 Å². The molecule has 4 nitrogen and oxygen atoms in total. The summed E-state index contributed by atoms with van der Waals surface area (Å²) in [7, 11) is 0. The minimum absolute atomic E-state index is 0.0476. The van der Waals surface area contributed by atoms with E-state index in [9.17, 15) is 9.59 Å². The second-order valence-corrected chi connectivity index (χ2v) is 5.75. The Bertz CT molecular complexity index is 302. The van der Waals surface area contributed by atoms with E-state index in [1.807, 2.05) is 6.08 Å². The van der Waals surface area contributed by atoms with E-state index in [4.69, 9.17) is 9.84 Å². The fourth-order valence-electron chi connectivity index (χ4n) is 1.75. The molecule has 19 heavy (non-hydrogen) atoms. The van der Waals surface area contributed by atoms with Gasteiger partial charge in [-0.2, -0.15) is 0 Å². The molecule has 0 aliphatic heterocycles. The summed E-state index contributed by atoms with van der Waals surface area (Å²) in [6.07, 6.45) is 6.07. The lowest BCUT2D eigenvalue weighted by Gasteiger charge is -2.21. The van der Waals surface area contributed by atoms with Crippen LogP contribution in [0.2, 0.25) is 0 Å². The minimum atomic E-state index is -0.922. The number of hydrogen-bond acceptors (Lipinski definition) is 3. The van der Waals surface area contributed by atoms with Crippen LogP contribution in [-0.4, -0.2) is 22.6 Å². The van der Waals surface area contributed by atoms with Gasteiger partial charge in [-0.05, 0) is 40.0 Å². The van der Waals surface area contributed by atoms with E-state index >= 15 is 0 Å². The zero-order valence-electron chi connectivity index (χ0n) is 12.3. The maximum Gasteiger partial charge on any atom is 0.307 e. The molecule has 0 rings (SSSR count). The van der Waals surface area contributed by atoms with E-state index in [1.54, 1.807) is 20.8 Å². The third kappa shape index (κ3) is 10.3. The lowest BCUT2D eigenvalue weighted by molar-refractivity contribution is -0.160. The SMILES string of the molecule is C=CCCCCCC(CC(=O)OC(C)(C)C)C(=O)O. The Balaban J connectivity index is 4.08. The highest BCUT2D eigenvalue weighted by atomic mass is 16.6. The van der Waals surface area contributed by atoms with Crippen LogP contribution in [0.15, 0.2) is 12.7 Å². The fourth-order valence-corrected chi connectivity index (χ4v) is 1.75. The molecule has 1 N–H and O–H groups in total. The van der Waals surface area contributed by atoms with Crippen LogP contribution in [0.4, 0.5) is 0 Å². The van der Waals surface area contributed by atoms with Crippen molar-refractivity contribution >= 4 is 11.9 Å². The summed E-state index contributed by atoms with van der Waals surface area (Å²) >= 11 is 0. The number of ether oxygens (including phenoxy) is 1. The van der Waals surface area contributed by atoms with Gasteiger partial charge in [0.15, 0.2) is 0 Å². The summed E-state index contributed by atoms with van der Waals surface area (Å²) in [6.45, 7) is 8.96. The fraction of sp³-hybridized carbons (Fsp3) is 0.733. The summed E-state index contributed by atoms with van der Waals surface area (Å²) in [6, 6.07) is 0. The van der Waals surface area contributed by atoms with E-state index in [1.165, 1.54) is 0 Å². The van der Waals surface area contributed by atoms with E-state index in [0.717, 1.165) is 25.7 Å². The van der Waals surface area contributed by atoms with Gasteiger partial charge in [0.25, 0.3) is 0 Å². The van der Waals surface area contributed by atoms with Gasteiger partial charge in [-0.15, -0.1) is 6.58 Å². The van der Waals surface area contributed by atoms with Gasteiger partial charge in [-0.3, -0.25) is 9.59 Å². The monoisotopic (exact) mass is 270 g/mol. The molecule has 0 aromatic heterocycles. The maximum absolute atomic E-state index is 11.6. The van der Waals surface area contributed by atoms with Crippen LogP contribution < -0.4 is 0 Å². The largest absolute Gasteiger partial charge is 0.481 e. The van der Waals surface area contributed by atoms with Gasteiger partial charge < -0.3 is 9.84 Å². The van der Waals surface area contributed by atoms with Crippen LogP contribution in [0.5, 0.6) is 0 Å². The van der Waals surface area contributed by atoms with Gasteiger partial charge in [0, 0.05) is 0 Å². The average molecular weight is 270 g/mol. The molecule has 0 spiro atoms.